The average molecular weight is 417 g/mol. The molecule has 0 saturated carbocycles. The van der Waals surface area contributed by atoms with Gasteiger partial charge in [0, 0.05) is 29.8 Å². The van der Waals surface area contributed by atoms with E-state index in [1.807, 2.05) is 17.7 Å². The number of hydrogen-bond acceptors (Lipinski definition) is 5. The third kappa shape index (κ3) is 5.00. The lowest BCUT2D eigenvalue weighted by Crippen LogP contribution is -2.31. The number of hydrogen-bond donors (Lipinski definition) is 1. The third-order valence-electron chi connectivity index (χ3n) is 4.73. The second-order valence-corrected chi connectivity index (χ2v) is 7.76. The SMILES string of the molecule is CCCCCOc1ccc(N(C(N)=O)c2nc(C3C=NC=CC3C)cs2)cc1F. The van der Waals surface area contributed by atoms with Crippen molar-refractivity contribution in [1.29, 1.82) is 0 Å². The van der Waals surface area contributed by atoms with Crippen LogP contribution < -0.4 is 15.4 Å². The second kappa shape index (κ2) is 9.65. The van der Waals surface area contributed by atoms with Gasteiger partial charge in [0.15, 0.2) is 16.7 Å². The number of ether oxygens (including phenoxy) is 1. The maximum absolute atomic E-state index is 14.5. The lowest BCUT2D eigenvalue weighted by molar-refractivity contribution is 0.256. The molecule has 0 aliphatic carbocycles. The molecule has 6 nitrogen and oxygen atoms in total. The van der Waals surface area contributed by atoms with E-state index in [4.69, 9.17) is 10.5 Å². The number of halogens is 1. The summed E-state index contributed by atoms with van der Waals surface area (Å²) in [6.07, 6.45) is 8.56. The molecule has 1 aromatic heterocycles. The number of thiazole rings is 1. The highest BCUT2D eigenvalue weighted by Gasteiger charge is 2.24. The molecule has 0 fully saturated rings. The number of aliphatic imine (C=N–C) groups is 1. The maximum atomic E-state index is 14.5. The highest BCUT2D eigenvalue weighted by Crippen LogP contribution is 2.35. The molecule has 2 amide bonds. The summed E-state index contributed by atoms with van der Waals surface area (Å²) < 4.78 is 20.0. The molecule has 154 valence electrons. The molecule has 8 heteroatoms. The third-order valence-corrected chi connectivity index (χ3v) is 5.57. The van der Waals surface area contributed by atoms with E-state index in [2.05, 4.69) is 23.8 Å². The van der Waals surface area contributed by atoms with Gasteiger partial charge in [-0.2, -0.15) is 0 Å². The monoisotopic (exact) mass is 416 g/mol. The number of nitrogens with two attached hydrogens (primary N) is 1. The normalized spacial score (nSPS) is 18.0. The number of unbranched alkanes of at least 4 members (excludes halogenated alkanes) is 2. The van der Waals surface area contributed by atoms with Crippen LogP contribution in [0.1, 0.15) is 44.7 Å². The summed E-state index contributed by atoms with van der Waals surface area (Å²) in [7, 11) is 0. The Balaban J connectivity index is 1.80. The van der Waals surface area contributed by atoms with Gasteiger partial charge in [-0.1, -0.05) is 32.8 Å². The first-order valence-corrected chi connectivity index (χ1v) is 10.6. The Labute approximate surface area is 173 Å². The van der Waals surface area contributed by atoms with Crippen molar-refractivity contribution in [2.75, 3.05) is 11.5 Å². The molecule has 29 heavy (non-hydrogen) atoms. The van der Waals surface area contributed by atoms with E-state index in [0.717, 1.165) is 25.0 Å². The summed E-state index contributed by atoms with van der Waals surface area (Å²) >= 11 is 1.28. The van der Waals surface area contributed by atoms with Crippen LogP contribution in [0.5, 0.6) is 5.75 Å². The van der Waals surface area contributed by atoms with Crippen molar-refractivity contribution in [3.63, 3.8) is 0 Å². The van der Waals surface area contributed by atoms with Crippen molar-refractivity contribution in [2.45, 2.75) is 39.0 Å². The average Bonchev–Trinajstić information content (AvgIpc) is 3.16. The van der Waals surface area contributed by atoms with Gasteiger partial charge < -0.3 is 10.5 Å². The van der Waals surface area contributed by atoms with Crippen molar-refractivity contribution in [3.8, 4) is 5.75 Å². The highest BCUT2D eigenvalue weighted by atomic mass is 32.1. The maximum Gasteiger partial charge on any atom is 0.325 e. The van der Waals surface area contributed by atoms with Crippen molar-refractivity contribution in [1.82, 2.24) is 4.98 Å². The highest BCUT2D eigenvalue weighted by molar-refractivity contribution is 7.14. The van der Waals surface area contributed by atoms with Crippen molar-refractivity contribution >= 4 is 34.4 Å². The number of primary amides is 1. The van der Waals surface area contributed by atoms with Crippen molar-refractivity contribution in [2.24, 2.45) is 16.6 Å². The van der Waals surface area contributed by atoms with E-state index < -0.39 is 11.8 Å². The number of urea groups is 1. The minimum Gasteiger partial charge on any atom is -0.491 e. The van der Waals surface area contributed by atoms with Gasteiger partial charge in [-0.3, -0.25) is 4.99 Å². The van der Waals surface area contributed by atoms with Gasteiger partial charge in [-0.25, -0.2) is 19.1 Å². The quantitative estimate of drug-likeness (QED) is 0.586. The van der Waals surface area contributed by atoms with E-state index in [9.17, 15) is 9.18 Å². The Kier molecular flexibility index (Phi) is 6.98. The first-order valence-electron chi connectivity index (χ1n) is 9.68. The van der Waals surface area contributed by atoms with Crippen LogP contribution in [0, 0.1) is 11.7 Å². The minimum absolute atomic E-state index is 0.0235. The number of rotatable bonds is 8. The molecule has 2 heterocycles. The molecular weight excluding hydrogens is 391 g/mol. The molecule has 0 bridgehead atoms. The second-order valence-electron chi connectivity index (χ2n) is 6.92. The molecule has 2 unspecified atom stereocenters. The number of carbonyl (C=O) groups is 1. The van der Waals surface area contributed by atoms with Gasteiger partial charge in [0.05, 0.1) is 18.0 Å². The Morgan fingerprint density at radius 3 is 2.90 bits per heavy atom. The van der Waals surface area contributed by atoms with E-state index in [1.165, 1.54) is 28.4 Å². The molecule has 1 aromatic carbocycles. The van der Waals surface area contributed by atoms with Crippen LogP contribution in [0.2, 0.25) is 0 Å². The van der Waals surface area contributed by atoms with Crippen LogP contribution in [0.15, 0.2) is 40.8 Å². The molecule has 0 saturated heterocycles. The van der Waals surface area contributed by atoms with Crippen LogP contribution in [0.3, 0.4) is 0 Å². The topological polar surface area (TPSA) is 80.8 Å². The fraction of sp³-hybridized carbons (Fsp3) is 0.381. The first-order chi connectivity index (χ1) is 14.0. The van der Waals surface area contributed by atoms with E-state index in [-0.39, 0.29) is 17.6 Å². The fourth-order valence-corrected chi connectivity index (χ4v) is 3.97. The summed E-state index contributed by atoms with van der Waals surface area (Å²) in [5, 5.41) is 2.26. The smallest absolute Gasteiger partial charge is 0.325 e. The number of anilines is 2. The Morgan fingerprint density at radius 2 is 2.21 bits per heavy atom. The van der Waals surface area contributed by atoms with Gasteiger partial charge in [0.2, 0.25) is 0 Å². The summed E-state index contributed by atoms with van der Waals surface area (Å²) in [6, 6.07) is 3.64. The lowest BCUT2D eigenvalue weighted by atomic mass is 9.91. The van der Waals surface area contributed by atoms with Crippen molar-refractivity contribution < 1.29 is 13.9 Å². The van der Waals surface area contributed by atoms with Gasteiger partial charge in [-0.05, 0) is 24.5 Å². The number of amides is 2. The molecule has 2 atom stereocenters. The van der Waals surface area contributed by atoms with E-state index in [0.29, 0.717) is 17.4 Å². The number of nitrogens with zero attached hydrogens (tertiary/aromatic N) is 3. The van der Waals surface area contributed by atoms with Crippen LogP contribution in [-0.2, 0) is 0 Å². The zero-order valence-electron chi connectivity index (χ0n) is 16.5. The zero-order chi connectivity index (χ0) is 20.8. The standard InChI is InChI=1S/C21H25FN4O2S/c1-3-4-5-10-28-19-7-6-15(11-17(19)22)26(20(23)27)21-25-18(13-29-21)16-12-24-9-8-14(16)2/h6-9,11-14,16H,3-5,10H2,1-2H3,(H2,23,27). The van der Waals surface area contributed by atoms with Gasteiger partial charge >= 0.3 is 6.03 Å². The Morgan fingerprint density at radius 1 is 1.38 bits per heavy atom. The molecule has 1 aliphatic heterocycles. The number of benzene rings is 1. The molecule has 0 spiro atoms. The van der Waals surface area contributed by atoms with Crippen LogP contribution in [0.25, 0.3) is 0 Å². The Hall–Kier alpha value is -2.74. The predicted molar refractivity (Wildman–Crippen MR) is 115 cm³/mol. The lowest BCUT2D eigenvalue weighted by Gasteiger charge is -2.19. The molecule has 2 N–H and O–H groups in total. The molecular formula is C21H25FN4O2S. The molecule has 3 rings (SSSR count). The van der Waals surface area contributed by atoms with E-state index >= 15 is 0 Å². The van der Waals surface area contributed by atoms with Crippen LogP contribution >= 0.6 is 11.3 Å². The first kappa shape index (κ1) is 21.0. The van der Waals surface area contributed by atoms with E-state index in [1.54, 1.807) is 12.3 Å². The summed E-state index contributed by atoms with van der Waals surface area (Å²) in [5.41, 5.74) is 6.69. The van der Waals surface area contributed by atoms with Crippen LogP contribution in [0.4, 0.5) is 20.0 Å². The van der Waals surface area contributed by atoms with Gasteiger partial charge in [0.1, 0.15) is 0 Å². The minimum atomic E-state index is -0.729. The predicted octanol–water partition coefficient (Wildman–Crippen LogP) is 5.39. The Bertz CT molecular complexity index is 912. The molecule has 2 aromatic rings. The number of allylic oxidation sites excluding steroid dienone is 1. The number of aromatic nitrogens is 1. The van der Waals surface area contributed by atoms with Gasteiger partial charge in [0.25, 0.3) is 0 Å². The number of carbonyl (C=O) groups excluding carboxylic acids is 1. The fourth-order valence-electron chi connectivity index (χ4n) is 3.07. The summed E-state index contributed by atoms with van der Waals surface area (Å²) in [6.45, 7) is 4.62. The van der Waals surface area contributed by atoms with Crippen molar-refractivity contribution in [3.05, 3.63) is 47.4 Å². The summed E-state index contributed by atoms with van der Waals surface area (Å²) in [5.74, 6) is -0.116. The largest absolute Gasteiger partial charge is 0.491 e. The summed E-state index contributed by atoms with van der Waals surface area (Å²) in [4.78, 5) is 22.1. The van der Waals surface area contributed by atoms with Crippen LogP contribution in [-0.4, -0.2) is 23.8 Å². The molecule has 0 radical (unpaired) electrons. The van der Waals surface area contributed by atoms with Gasteiger partial charge in [-0.15, -0.1) is 11.3 Å². The zero-order valence-corrected chi connectivity index (χ0v) is 17.4. The molecule has 1 aliphatic rings.